The Morgan fingerprint density at radius 2 is 1.90 bits per heavy atom. The van der Waals surface area contributed by atoms with Crippen molar-refractivity contribution in [1.29, 1.82) is 0 Å². The number of carbonyl (C=O) groups excluding carboxylic acids is 2. The average molecular weight is 425 g/mol. The summed E-state index contributed by atoms with van der Waals surface area (Å²) in [5, 5.41) is 6.63. The zero-order valence-electron chi connectivity index (χ0n) is 16.6. The first-order valence-corrected chi connectivity index (χ1v) is 10.7. The maximum atomic E-state index is 12.6. The summed E-state index contributed by atoms with van der Waals surface area (Å²) in [7, 11) is 0. The zero-order valence-corrected chi connectivity index (χ0v) is 17.4. The van der Waals surface area contributed by atoms with Gasteiger partial charge in [-0.2, -0.15) is 0 Å². The standard InChI is InChI=1S/C24H25ClN2O3/c25-19-9-5-4-8-17(19)15-22-24(29)27-20-14-18(10-11-21(20)30-22)23(28)26-13-12-16-6-2-1-3-7-16/h1-9,15,18,20-21H,10-14H2,(H,26,28)(H,27,29)/b22-15-. The Morgan fingerprint density at radius 3 is 2.70 bits per heavy atom. The molecule has 0 bridgehead atoms. The topological polar surface area (TPSA) is 67.4 Å². The molecule has 156 valence electrons. The van der Waals surface area contributed by atoms with Gasteiger partial charge in [0, 0.05) is 17.5 Å². The second kappa shape index (κ2) is 9.35. The molecule has 2 aliphatic rings. The molecule has 2 fully saturated rings. The molecule has 0 aromatic heterocycles. The quantitative estimate of drug-likeness (QED) is 0.719. The third kappa shape index (κ3) is 4.85. The average Bonchev–Trinajstić information content (AvgIpc) is 2.76. The van der Waals surface area contributed by atoms with Crippen molar-refractivity contribution in [3.63, 3.8) is 0 Å². The first-order valence-electron chi connectivity index (χ1n) is 10.4. The number of nitrogens with one attached hydrogen (secondary N) is 2. The highest BCUT2D eigenvalue weighted by atomic mass is 35.5. The molecule has 1 aliphatic carbocycles. The van der Waals surface area contributed by atoms with E-state index in [4.69, 9.17) is 16.3 Å². The molecular weight excluding hydrogens is 400 g/mol. The summed E-state index contributed by atoms with van der Waals surface area (Å²) in [4.78, 5) is 25.1. The molecule has 1 saturated heterocycles. The van der Waals surface area contributed by atoms with Crippen LogP contribution in [0, 0.1) is 5.92 Å². The number of benzene rings is 2. The van der Waals surface area contributed by atoms with E-state index in [9.17, 15) is 9.59 Å². The molecule has 4 rings (SSSR count). The highest BCUT2D eigenvalue weighted by Crippen LogP contribution is 2.32. The van der Waals surface area contributed by atoms with Crippen molar-refractivity contribution in [2.24, 2.45) is 5.92 Å². The van der Waals surface area contributed by atoms with Crippen LogP contribution in [0.25, 0.3) is 6.08 Å². The largest absolute Gasteiger partial charge is 0.483 e. The maximum absolute atomic E-state index is 12.6. The lowest BCUT2D eigenvalue weighted by Gasteiger charge is -2.39. The van der Waals surface area contributed by atoms with Gasteiger partial charge in [-0.1, -0.05) is 60.1 Å². The van der Waals surface area contributed by atoms with Crippen LogP contribution in [0.15, 0.2) is 60.4 Å². The monoisotopic (exact) mass is 424 g/mol. The molecule has 1 heterocycles. The third-order valence-corrected chi connectivity index (χ3v) is 6.07. The zero-order chi connectivity index (χ0) is 20.9. The fourth-order valence-electron chi connectivity index (χ4n) is 4.08. The van der Waals surface area contributed by atoms with Crippen molar-refractivity contribution in [2.75, 3.05) is 6.54 Å². The van der Waals surface area contributed by atoms with Crippen LogP contribution >= 0.6 is 11.6 Å². The predicted octanol–water partition coefficient (Wildman–Crippen LogP) is 3.72. The molecule has 1 aliphatic heterocycles. The van der Waals surface area contributed by atoms with Crippen molar-refractivity contribution in [3.05, 3.63) is 76.5 Å². The van der Waals surface area contributed by atoms with E-state index >= 15 is 0 Å². The Morgan fingerprint density at radius 1 is 1.13 bits per heavy atom. The van der Waals surface area contributed by atoms with E-state index in [1.54, 1.807) is 12.1 Å². The molecule has 2 N–H and O–H groups in total. The Hall–Kier alpha value is -2.79. The fourth-order valence-corrected chi connectivity index (χ4v) is 4.27. The van der Waals surface area contributed by atoms with E-state index in [-0.39, 0.29) is 35.6 Å². The smallest absolute Gasteiger partial charge is 0.286 e. The van der Waals surface area contributed by atoms with Crippen LogP contribution in [0.4, 0.5) is 0 Å². The Balaban J connectivity index is 1.31. The van der Waals surface area contributed by atoms with Gasteiger partial charge in [0.15, 0.2) is 5.76 Å². The SMILES string of the molecule is O=C1NC2CC(C(=O)NCCc3ccccc3)CCC2O/C1=C\c1ccccc1Cl. The van der Waals surface area contributed by atoms with Gasteiger partial charge in [0.2, 0.25) is 5.91 Å². The number of amides is 2. The fraction of sp³-hybridized carbons (Fsp3) is 0.333. The van der Waals surface area contributed by atoms with Crippen LogP contribution in [0.2, 0.25) is 5.02 Å². The van der Waals surface area contributed by atoms with E-state index in [1.165, 1.54) is 5.56 Å². The van der Waals surface area contributed by atoms with E-state index in [0.717, 1.165) is 24.8 Å². The summed E-state index contributed by atoms with van der Waals surface area (Å²) in [6, 6.07) is 17.3. The van der Waals surface area contributed by atoms with E-state index in [0.29, 0.717) is 18.0 Å². The number of ether oxygens (including phenoxy) is 1. The van der Waals surface area contributed by atoms with E-state index in [2.05, 4.69) is 22.8 Å². The minimum Gasteiger partial charge on any atom is -0.483 e. The van der Waals surface area contributed by atoms with Crippen molar-refractivity contribution < 1.29 is 14.3 Å². The highest BCUT2D eigenvalue weighted by molar-refractivity contribution is 6.32. The molecule has 30 heavy (non-hydrogen) atoms. The highest BCUT2D eigenvalue weighted by Gasteiger charge is 2.40. The molecule has 2 aromatic rings. The molecule has 2 aromatic carbocycles. The van der Waals surface area contributed by atoms with Gasteiger partial charge in [-0.15, -0.1) is 0 Å². The molecule has 0 spiro atoms. The number of morpholine rings is 1. The van der Waals surface area contributed by atoms with Crippen LogP contribution in [-0.4, -0.2) is 30.5 Å². The first kappa shape index (κ1) is 20.5. The van der Waals surface area contributed by atoms with Crippen LogP contribution in [0.3, 0.4) is 0 Å². The summed E-state index contributed by atoms with van der Waals surface area (Å²) < 4.78 is 5.99. The maximum Gasteiger partial charge on any atom is 0.286 e. The van der Waals surface area contributed by atoms with Crippen LogP contribution < -0.4 is 10.6 Å². The number of carbonyl (C=O) groups is 2. The molecule has 3 atom stereocenters. The van der Waals surface area contributed by atoms with Gasteiger partial charge in [0.1, 0.15) is 6.10 Å². The molecule has 2 amide bonds. The van der Waals surface area contributed by atoms with Gasteiger partial charge in [-0.3, -0.25) is 9.59 Å². The van der Waals surface area contributed by atoms with Gasteiger partial charge in [-0.05, 0) is 49.0 Å². The van der Waals surface area contributed by atoms with E-state index in [1.807, 2.05) is 36.4 Å². The van der Waals surface area contributed by atoms with Crippen LogP contribution in [-0.2, 0) is 20.7 Å². The molecule has 0 radical (unpaired) electrons. The van der Waals surface area contributed by atoms with Gasteiger partial charge >= 0.3 is 0 Å². The van der Waals surface area contributed by atoms with Crippen molar-refractivity contribution >= 4 is 29.5 Å². The summed E-state index contributed by atoms with van der Waals surface area (Å²) in [6.45, 7) is 0.612. The van der Waals surface area contributed by atoms with Gasteiger partial charge in [-0.25, -0.2) is 0 Å². The van der Waals surface area contributed by atoms with Gasteiger partial charge < -0.3 is 15.4 Å². The number of rotatable bonds is 5. The summed E-state index contributed by atoms with van der Waals surface area (Å²) >= 11 is 6.19. The molecule has 6 heteroatoms. The Labute approximate surface area is 181 Å². The normalized spacial score (nSPS) is 24.5. The number of fused-ring (bicyclic) bond motifs is 1. The summed E-state index contributed by atoms with van der Waals surface area (Å²) in [5.41, 5.74) is 1.95. The summed E-state index contributed by atoms with van der Waals surface area (Å²) in [6.07, 6.45) is 4.42. The molecule has 1 saturated carbocycles. The minimum absolute atomic E-state index is 0.0519. The van der Waals surface area contributed by atoms with Crippen molar-refractivity contribution in [1.82, 2.24) is 10.6 Å². The molecule has 3 unspecified atom stereocenters. The first-order chi connectivity index (χ1) is 14.6. The lowest BCUT2D eigenvalue weighted by Crippen LogP contribution is -2.54. The van der Waals surface area contributed by atoms with Crippen LogP contribution in [0.5, 0.6) is 0 Å². The van der Waals surface area contributed by atoms with Crippen LogP contribution in [0.1, 0.15) is 30.4 Å². The number of halogens is 1. The van der Waals surface area contributed by atoms with Crippen molar-refractivity contribution in [3.8, 4) is 0 Å². The lowest BCUT2D eigenvalue weighted by atomic mass is 9.82. The number of hydrogen-bond donors (Lipinski definition) is 2. The Bertz CT molecular complexity index is 944. The second-order valence-electron chi connectivity index (χ2n) is 7.80. The molecule has 5 nitrogen and oxygen atoms in total. The van der Waals surface area contributed by atoms with Gasteiger partial charge in [0.05, 0.1) is 6.04 Å². The Kier molecular flexibility index (Phi) is 6.38. The second-order valence-corrected chi connectivity index (χ2v) is 8.21. The third-order valence-electron chi connectivity index (χ3n) is 5.72. The molecular formula is C24H25ClN2O3. The number of hydrogen-bond acceptors (Lipinski definition) is 3. The van der Waals surface area contributed by atoms with Gasteiger partial charge in [0.25, 0.3) is 5.91 Å². The lowest BCUT2D eigenvalue weighted by molar-refractivity contribution is -0.134. The van der Waals surface area contributed by atoms with E-state index < -0.39 is 0 Å². The predicted molar refractivity (Wildman–Crippen MR) is 117 cm³/mol. The summed E-state index contributed by atoms with van der Waals surface area (Å²) in [5.74, 6) is -0.0486. The minimum atomic E-state index is -0.263. The van der Waals surface area contributed by atoms with Crippen molar-refractivity contribution in [2.45, 2.75) is 37.8 Å².